The summed E-state index contributed by atoms with van der Waals surface area (Å²) >= 11 is 0. The molecule has 1 saturated heterocycles. The minimum Gasteiger partial charge on any atom is -0.394 e. The van der Waals surface area contributed by atoms with Crippen LogP contribution in [0.25, 0.3) is 0 Å². The molecular formula is C23H29N7O2S. The van der Waals surface area contributed by atoms with Gasteiger partial charge < -0.3 is 20.2 Å². The smallest absolute Gasteiger partial charge is 0.229 e. The van der Waals surface area contributed by atoms with Crippen LogP contribution in [0, 0.1) is 12.3 Å². The van der Waals surface area contributed by atoms with Crippen LogP contribution in [-0.2, 0) is 10.8 Å². The zero-order valence-corrected chi connectivity index (χ0v) is 19.6. The molecule has 2 N–H and O–H groups in total. The number of fused-ring (bicyclic) bond motifs is 1. The highest BCUT2D eigenvalue weighted by atomic mass is 32.2. The predicted molar refractivity (Wildman–Crippen MR) is 128 cm³/mol. The van der Waals surface area contributed by atoms with Gasteiger partial charge in [-0.15, -0.1) is 6.42 Å². The van der Waals surface area contributed by atoms with Gasteiger partial charge in [-0.25, -0.2) is 9.97 Å². The molecule has 4 heterocycles. The molecule has 1 saturated carbocycles. The summed E-state index contributed by atoms with van der Waals surface area (Å²) in [6.07, 6.45) is 13.4. The molecule has 1 atom stereocenters. The molecule has 0 spiro atoms. The maximum atomic E-state index is 12.9. The number of piperidine rings is 1. The van der Waals surface area contributed by atoms with E-state index in [1.165, 1.54) is 0 Å². The van der Waals surface area contributed by atoms with Crippen LogP contribution in [0.5, 0.6) is 0 Å². The van der Waals surface area contributed by atoms with Gasteiger partial charge in [0.15, 0.2) is 11.6 Å². The van der Waals surface area contributed by atoms with Crippen molar-refractivity contribution in [2.75, 3.05) is 54.2 Å². The average molecular weight is 468 g/mol. The summed E-state index contributed by atoms with van der Waals surface area (Å²) in [5.41, 5.74) is 0.307. The number of hydrogen-bond donors (Lipinski definition) is 2. The summed E-state index contributed by atoms with van der Waals surface area (Å²) in [5, 5.41) is 13.4. The topological polar surface area (TPSA) is 107 Å². The number of rotatable bonds is 5. The van der Waals surface area contributed by atoms with Crippen molar-refractivity contribution >= 4 is 28.4 Å². The van der Waals surface area contributed by atoms with E-state index in [1.54, 1.807) is 12.4 Å². The molecule has 3 aliphatic rings. The summed E-state index contributed by atoms with van der Waals surface area (Å²) in [4.78, 5) is 23.5. The van der Waals surface area contributed by atoms with Gasteiger partial charge in [-0.05, 0) is 32.1 Å². The second-order valence-corrected chi connectivity index (χ2v) is 10.7. The summed E-state index contributed by atoms with van der Waals surface area (Å²) < 4.78 is 12.9. The van der Waals surface area contributed by atoms with Crippen LogP contribution in [0.15, 0.2) is 17.3 Å². The average Bonchev–Trinajstić information content (AvgIpc) is 2.83. The van der Waals surface area contributed by atoms with Gasteiger partial charge in [0.25, 0.3) is 0 Å². The Balaban J connectivity index is 1.40. The lowest BCUT2D eigenvalue weighted by atomic mass is 9.77. The fraction of sp³-hybridized carbons (Fsp3) is 0.565. The summed E-state index contributed by atoms with van der Waals surface area (Å²) in [6, 6.07) is 0. The number of nitrogens with zero attached hydrogens (tertiary/aromatic N) is 6. The molecule has 2 aromatic rings. The Labute approximate surface area is 196 Å². The molecule has 9 nitrogen and oxygen atoms in total. The van der Waals surface area contributed by atoms with Crippen molar-refractivity contribution in [2.45, 2.75) is 48.5 Å². The van der Waals surface area contributed by atoms with Crippen molar-refractivity contribution in [2.24, 2.45) is 0 Å². The van der Waals surface area contributed by atoms with Crippen molar-refractivity contribution in [1.82, 2.24) is 19.9 Å². The molecule has 1 aliphatic carbocycles. The van der Waals surface area contributed by atoms with E-state index < -0.39 is 10.8 Å². The van der Waals surface area contributed by atoms with Gasteiger partial charge in [0.2, 0.25) is 5.95 Å². The summed E-state index contributed by atoms with van der Waals surface area (Å²) in [6.45, 7) is 2.28. The van der Waals surface area contributed by atoms with Crippen LogP contribution in [0.3, 0.4) is 0 Å². The van der Waals surface area contributed by atoms with E-state index in [1.807, 2.05) is 11.9 Å². The van der Waals surface area contributed by atoms with Crippen LogP contribution in [0.2, 0.25) is 0 Å². The zero-order valence-electron chi connectivity index (χ0n) is 18.8. The van der Waals surface area contributed by atoms with Crippen LogP contribution >= 0.6 is 0 Å². The monoisotopic (exact) mass is 467 g/mol. The van der Waals surface area contributed by atoms with Gasteiger partial charge in [0, 0.05) is 50.7 Å². The number of anilines is 3. The van der Waals surface area contributed by atoms with Crippen LogP contribution in [0.1, 0.15) is 49.4 Å². The number of terminal acetylenes is 1. The van der Waals surface area contributed by atoms with Crippen molar-refractivity contribution < 1.29 is 9.32 Å². The Morgan fingerprint density at radius 2 is 1.97 bits per heavy atom. The minimum absolute atomic E-state index is 0.0352. The normalized spacial score (nSPS) is 22.3. The number of aliphatic hydroxyl groups excluding tert-OH is 1. The molecule has 0 aromatic carbocycles. The SMILES string of the molecule is C#Cc1cnc(C2CCN(c3nc(NC4(CO)CCC4)c4c(n3)N(C)CC[S@@]4=O)CC2)nc1. The molecule has 0 radical (unpaired) electrons. The third-order valence-corrected chi connectivity index (χ3v) is 8.40. The maximum absolute atomic E-state index is 12.9. The molecule has 2 fully saturated rings. The second kappa shape index (κ2) is 8.88. The lowest BCUT2D eigenvalue weighted by molar-refractivity contribution is 0.143. The first kappa shape index (κ1) is 22.0. The highest BCUT2D eigenvalue weighted by Gasteiger charge is 2.39. The highest BCUT2D eigenvalue weighted by molar-refractivity contribution is 7.85. The fourth-order valence-electron chi connectivity index (χ4n) is 4.69. The Morgan fingerprint density at radius 1 is 1.24 bits per heavy atom. The molecule has 0 unspecified atom stereocenters. The molecule has 174 valence electrons. The fourth-order valence-corrected chi connectivity index (χ4v) is 6.05. The maximum Gasteiger partial charge on any atom is 0.229 e. The van der Waals surface area contributed by atoms with Crippen molar-refractivity contribution in [3.63, 3.8) is 0 Å². The predicted octanol–water partition coefficient (Wildman–Crippen LogP) is 1.52. The summed E-state index contributed by atoms with van der Waals surface area (Å²) in [5.74, 6) is 6.16. The largest absolute Gasteiger partial charge is 0.394 e. The van der Waals surface area contributed by atoms with Crippen LogP contribution < -0.4 is 15.1 Å². The zero-order chi connectivity index (χ0) is 23.0. The van der Waals surface area contributed by atoms with Crippen LogP contribution in [-0.4, -0.2) is 73.8 Å². The Morgan fingerprint density at radius 3 is 2.58 bits per heavy atom. The van der Waals surface area contributed by atoms with Crippen LogP contribution in [0.4, 0.5) is 17.6 Å². The minimum atomic E-state index is -1.17. The van der Waals surface area contributed by atoms with Crippen molar-refractivity contribution in [3.05, 3.63) is 23.8 Å². The molecular weight excluding hydrogens is 438 g/mol. The Hall–Kier alpha value is -2.77. The molecule has 5 rings (SSSR count). The molecule has 0 bridgehead atoms. The van der Waals surface area contributed by atoms with Gasteiger partial charge in [-0.2, -0.15) is 9.97 Å². The first-order chi connectivity index (χ1) is 16.0. The number of aliphatic hydroxyl groups is 1. The number of aromatic nitrogens is 4. The van der Waals surface area contributed by atoms with E-state index in [0.717, 1.165) is 56.8 Å². The van der Waals surface area contributed by atoms with Gasteiger partial charge in [-0.3, -0.25) is 4.21 Å². The van der Waals surface area contributed by atoms with E-state index >= 15 is 0 Å². The molecule has 0 amide bonds. The highest BCUT2D eigenvalue weighted by Crippen LogP contribution is 2.40. The Bertz CT molecular complexity index is 1080. The first-order valence-corrected chi connectivity index (χ1v) is 12.8. The first-order valence-electron chi connectivity index (χ1n) is 11.5. The van der Waals surface area contributed by atoms with E-state index in [0.29, 0.717) is 34.5 Å². The lowest BCUT2D eigenvalue weighted by Crippen LogP contribution is -2.49. The lowest BCUT2D eigenvalue weighted by Gasteiger charge is -2.42. The summed E-state index contributed by atoms with van der Waals surface area (Å²) in [7, 11) is 0.808. The van der Waals surface area contributed by atoms with E-state index in [2.05, 4.69) is 26.1 Å². The van der Waals surface area contributed by atoms with E-state index in [-0.39, 0.29) is 18.1 Å². The number of nitrogens with one attached hydrogen (secondary N) is 1. The molecule has 2 aliphatic heterocycles. The third kappa shape index (κ3) is 4.15. The number of hydrogen-bond acceptors (Lipinski definition) is 9. The second-order valence-electron chi connectivity index (χ2n) is 9.15. The van der Waals surface area contributed by atoms with Gasteiger partial charge in [0.1, 0.15) is 10.7 Å². The van der Waals surface area contributed by atoms with Gasteiger partial charge in [-0.1, -0.05) is 5.92 Å². The van der Waals surface area contributed by atoms with E-state index in [4.69, 9.17) is 16.4 Å². The standard InChI is InChI=1S/C23H29N7O2S/c1-3-16-13-24-19(25-14-16)17-5-9-30(10-6-17)22-26-20(28-23(15-31)7-4-8-23)18-21(27-22)29(2)11-12-33(18)32/h1,13-14,17,31H,4-12,15H2,2H3,(H,26,27,28)/t33-/m0/s1. The van der Waals surface area contributed by atoms with Gasteiger partial charge >= 0.3 is 0 Å². The van der Waals surface area contributed by atoms with Crippen molar-refractivity contribution in [3.8, 4) is 12.3 Å². The van der Waals surface area contributed by atoms with Gasteiger partial charge in [0.05, 0.1) is 28.5 Å². The van der Waals surface area contributed by atoms with Crippen molar-refractivity contribution in [1.29, 1.82) is 0 Å². The third-order valence-electron chi connectivity index (χ3n) is 7.02. The quantitative estimate of drug-likeness (QED) is 0.633. The molecule has 33 heavy (non-hydrogen) atoms. The van der Waals surface area contributed by atoms with E-state index in [9.17, 15) is 9.32 Å². The molecule has 2 aromatic heterocycles. The Kier molecular flexibility index (Phi) is 5.93. The molecule has 10 heteroatoms.